The van der Waals surface area contributed by atoms with E-state index in [1.807, 2.05) is 23.1 Å². The van der Waals surface area contributed by atoms with E-state index in [-0.39, 0.29) is 11.5 Å². The quantitative estimate of drug-likeness (QED) is 0.920. The summed E-state index contributed by atoms with van der Waals surface area (Å²) in [5.41, 5.74) is 4.67. The van der Waals surface area contributed by atoms with Crippen molar-refractivity contribution in [2.75, 3.05) is 41.7 Å². The first-order valence-corrected chi connectivity index (χ1v) is 7.19. The first-order chi connectivity index (χ1) is 10.9. The summed E-state index contributed by atoms with van der Waals surface area (Å²) in [6.45, 7) is 2.05. The average molecular weight is 323 g/mol. The SMILES string of the molecule is Nc1cnc(N2CCN(c3ccccn3)CC2)c(C(F)(F)F)c1. The number of halogens is 3. The Kier molecular flexibility index (Phi) is 3.97. The van der Waals surface area contributed by atoms with Crippen LogP contribution in [0.5, 0.6) is 0 Å². The third kappa shape index (κ3) is 3.30. The van der Waals surface area contributed by atoms with Gasteiger partial charge in [-0.15, -0.1) is 0 Å². The van der Waals surface area contributed by atoms with Gasteiger partial charge in [0, 0.05) is 32.4 Å². The number of piperazine rings is 1. The number of hydrogen-bond acceptors (Lipinski definition) is 5. The molecule has 1 aliphatic rings. The molecule has 1 saturated heterocycles. The first kappa shape index (κ1) is 15.4. The first-order valence-electron chi connectivity index (χ1n) is 7.19. The Morgan fingerprint density at radius 2 is 1.70 bits per heavy atom. The zero-order valence-electron chi connectivity index (χ0n) is 12.3. The van der Waals surface area contributed by atoms with Gasteiger partial charge in [-0.3, -0.25) is 0 Å². The van der Waals surface area contributed by atoms with Crippen LogP contribution in [0, 0.1) is 0 Å². The fourth-order valence-corrected chi connectivity index (χ4v) is 2.62. The molecule has 0 radical (unpaired) electrons. The van der Waals surface area contributed by atoms with Gasteiger partial charge in [0.1, 0.15) is 17.2 Å². The van der Waals surface area contributed by atoms with E-state index >= 15 is 0 Å². The summed E-state index contributed by atoms with van der Waals surface area (Å²) in [4.78, 5) is 11.9. The monoisotopic (exact) mass is 323 g/mol. The predicted octanol–water partition coefficient (Wildman–Crippen LogP) is 2.40. The van der Waals surface area contributed by atoms with Gasteiger partial charge >= 0.3 is 6.18 Å². The van der Waals surface area contributed by atoms with Gasteiger partial charge in [-0.2, -0.15) is 13.2 Å². The van der Waals surface area contributed by atoms with Crippen LogP contribution >= 0.6 is 0 Å². The van der Waals surface area contributed by atoms with Gasteiger partial charge in [-0.1, -0.05) is 6.07 Å². The molecule has 8 heteroatoms. The Morgan fingerprint density at radius 3 is 2.30 bits per heavy atom. The predicted molar refractivity (Wildman–Crippen MR) is 82.3 cm³/mol. The van der Waals surface area contributed by atoms with Crippen molar-refractivity contribution < 1.29 is 13.2 Å². The van der Waals surface area contributed by atoms with Crippen molar-refractivity contribution in [2.45, 2.75) is 6.18 Å². The lowest BCUT2D eigenvalue weighted by molar-refractivity contribution is -0.137. The lowest BCUT2D eigenvalue weighted by Gasteiger charge is -2.36. The molecular formula is C15H16F3N5. The molecular weight excluding hydrogens is 307 g/mol. The second kappa shape index (κ2) is 5.94. The number of nitrogen functional groups attached to an aromatic ring is 1. The molecule has 0 unspecified atom stereocenters. The van der Waals surface area contributed by atoms with Crippen molar-refractivity contribution in [1.29, 1.82) is 0 Å². The second-order valence-corrected chi connectivity index (χ2v) is 5.30. The van der Waals surface area contributed by atoms with Gasteiger partial charge in [0.2, 0.25) is 0 Å². The van der Waals surface area contributed by atoms with Crippen LogP contribution in [0.4, 0.5) is 30.5 Å². The van der Waals surface area contributed by atoms with Crippen LogP contribution in [0.2, 0.25) is 0 Å². The van der Waals surface area contributed by atoms with Crippen LogP contribution in [-0.4, -0.2) is 36.1 Å². The minimum absolute atomic E-state index is 0.00759. The van der Waals surface area contributed by atoms with Gasteiger partial charge in [0.15, 0.2) is 0 Å². The molecule has 0 atom stereocenters. The third-order valence-corrected chi connectivity index (χ3v) is 3.75. The van der Waals surface area contributed by atoms with Crippen LogP contribution in [0.25, 0.3) is 0 Å². The maximum atomic E-state index is 13.2. The molecule has 0 aliphatic carbocycles. The minimum atomic E-state index is -4.48. The number of nitrogens with zero attached hydrogens (tertiary/aromatic N) is 4. The highest BCUT2D eigenvalue weighted by molar-refractivity contribution is 5.56. The molecule has 3 heterocycles. The summed E-state index contributed by atoms with van der Waals surface area (Å²) in [5, 5.41) is 0. The molecule has 0 saturated carbocycles. The lowest BCUT2D eigenvalue weighted by atomic mass is 10.2. The molecule has 2 aromatic rings. The molecule has 0 spiro atoms. The summed E-state index contributed by atoms with van der Waals surface area (Å²) in [7, 11) is 0. The fourth-order valence-electron chi connectivity index (χ4n) is 2.62. The van der Waals surface area contributed by atoms with Gasteiger partial charge in [-0.05, 0) is 18.2 Å². The zero-order chi connectivity index (χ0) is 16.4. The van der Waals surface area contributed by atoms with Gasteiger partial charge in [0.25, 0.3) is 0 Å². The Morgan fingerprint density at radius 1 is 1.00 bits per heavy atom. The third-order valence-electron chi connectivity index (χ3n) is 3.75. The number of aromatic nitrogens is 2. The molecule has 1 aliphatic heterocycles. The molecule has 0 bridgehead atoms. The Balaban J connectivity index is 1.78. The van der Waals surface area contributed by atoms with E-state index in [9.17, 15) is 13.2 Å². The van der Waals surface area contributed by atoms with E-state index < -0.39 is 11.7 Å². The van der Waals surface area contributed by atoms with Gasteiger partial charge < -0.3 is 15.5 Å². The molecule has 3 rings (SSSR count). The zero-order valence-corrected chi connectivity index (χ0v) is 12.3. The highest BCUT2D eigenvalue weighted by Gasteiger charge is 2.36. The summed E-state index contributed by atoms with van der Waals surface area (Å²) in [6, 6.07) is 6.54. The normalized spacial score (nSPS) is 15.8. The Labute approximate surface area is 131 Å². The number of anilines is 3. The standard InChI is InChI=1S/C15H16F3N5/c16-15(17,18)12-9-11(19)10-21-14(12)23-7-5-22(6-8-23)13-3-1-2-4-20-13/h1-4,9-10H,5-8,19H2. The van der Waals surface area contributed by atoms with E-state index in [1.54, 1.807) is 11.1 Å². The molecule has 0 aromatic carbocycles. The smallest absolute Gasteiger partial charge is 0.397 e. The lowest BCUT2D eigenvalue weighted by Crippen LogP contribution is -2.47. The summed E-state index contributed by atoms with van der Waals surface area (Å²) in [5.74, 6) is 0.765. The molecule has 5 nitrogen and oxygen atoms in total. The summed E-state index contributed by atoms with van der Waals surface area (Å²) < 4.78 is 39.5. The van der Waals surface area contributed by atoms with Crippen LogP contribution in [-0.2, 0) is 6.18 Å². The molecule has 23 heavy (non-hydrogen) atoms. The van der Waals surface area contributed by atoms with E-state index in [0.717, 1.165) is 11.9 Å². The number of rotatable bonds is 2. The molecule has 2 N–H and O–H groups in total. The molecule has 0 amide bonds. The number of pyridine rings is 2. The van der Waals surface area contributed by atoms with Gasteiger partial charge in [-0.25, -0.2) is 9.97 Å². The van der Waals surface area contributed by atoms with Crippen molar-refractivity contribution in [1.82, 2.24) is 9.97 Å². The largest absolute Gasteiger partial charge is 0.420 e. The highest BCUT2D eigenvalue weighted by Crippen LogP contribution is 2.36. The van der Waals surface area contributed by atoms with Crippen LogP contribution in [0.15, 0.2) is 36.7 Å². The van der Waals surface area contributed by atoms with Gasteiger partial charge in [0.05, 0.1) is 11.9 Å². The fraction of sp³-hybridized carbons (Fsp3) is 0.333. The van der Waals surface area contributed by atoms with Crippen LogP contribution < -0.4 is 15.5 Å². The summed E-state index contributed by atoms with van der Waals surface area (Å²) in [6.07, 6.45) is -1.52. The van der Waals surface area contributed by atoms with E-state index in [0.29, 0.717) is 26.2 Å². The van der Waals surface area contributed by atoms with Crippen molar-refractivity contribution in [3.63, 3.8) is 0 Å². The Hall–Kier alpha value is -2.51. The number of nitrogens with two attached hydrogens (primary N) is 1. The van der Waals surface area contributed by atoms with Crippen molar-refractivity contribution in [3.8, 4) is 0 Å². The van der Waals surface area contributed by atoms with Crippen LogP contribution in [0.3, 0.4) is 0 Å². The highest BCUT2D eigenvalue weighted by atomic mass is 19.4. The van der Waals surface area contributed by atoms with Crippen LogP contribution in [0.1, 0.15) is 5.56 Å². The summed E-state index contributed by atoms with van der Waals surface area (Å²) >= 11 is 0. The average Bonchev–Trinajstić information content (AvgIpc) is 2.55. The minimum Gasteiger partial charge on any atom is -0.397 e. The van der Waals surface area contributed by atoms with Crippen molar-refractivity contribution in [2.24, 2.45) is 0 Å². The van der Waals surface area contributed by atoms with Crippen molar-refractivity contribution >= 4 is 17.3 Å². The second-order valence-electron chi connectivity index (χ2n) is 5.30. The topological polar surface area (TPSA) is 58.3 Å². The van der Waals surface area contributed by atoms with Crippen molar-refractivity contribution in [3.05, 3.63) is 42.2 Å². The maximum absolute atomic E-state index is 13.2. The van der Waals surface area contributed by atoms with E-state index in [1.165, 1.54) is 6.20 Å². The Bertz CT molecular complexity index is 667. The number of alkyl halides is 3. The maximum Gasteiger partial charge on any atom is 0.420 e. The van der Waals surface area contributed by atoms with E-state index in [2.05, 4.69) is 9.97 Å². The number of hydrogen-bond donors (Lipinski definition) is 1. The molecule has 1 fully saturated rings. The molecule has 122 valence electrons. The molecule has 2 aromatic heterocycles. The van der Waals surface area contributed by atoms with E-state index in [4.69, 9.17) is 5.73 Å².